The molecule has 202 valence electrons. The lowest BCUT2D eigenvalue weighted by molar-refractivity contribution is -0.140. The van der Waals surface area contributed by atoms with E-state index in [4.69, 9.17) is 11.6 Å². The maximum absolute atomic E-state index is 14.7. The third-order valence-corrected chi connectivity index (χ3v) is 7.15. The van der Waals surface area contributed by atoms with E-state index in [1.807, 2.05) is 30.3 Å². The van der Waals surface area contributed by atoms with Gasteiger partial charge in [0.1, 0.15) is 18.4 Å². The van der Waals surface area contributed by atoms with Crippen molar-refractivity contribution in [3.05, 3.63) is 101 Å². The number of anilines is 1. The summed E-state index contributed by atoms with van der Waals surface area (Å²) in [6.45, 7) is 2.76. The van der Waals surface area contributed by atoms with E-state index in [1.165, 1.54) is 35.2 Å². The fourth-order valence-corrected chi connectivity index (χ4v) is 5.02. The second kappa shape index (κ2) is 12.9. The second-order valence-electron chi connectivity index (χ2n) is 9.23. The quantitative estimate of drug-likeness (QED) is 0.377. The smallest absolute Gasteiger partial charge is 0.244 e. The van der Waals surface area contributed by atoms with Crippen molar-refractivity contribution in [3.8, 4) is 0 Å². The predicted molar refractivity (Wildman–Crippen MR) is 148 cm³/mol. The number of carbonyl (C=O) groups excluding carboxylic acids is 2. The van der Waals surface area contributed by atoms with Crippen molar-refractivity contribution in [2.75, 3.05) is 17.1 Å². The number of hydrogen-bond acceptors (Lipinski definition) is 4. The van der Waals surface area contributed by atoms with E-state index in [9.17, 15) is 22.4 Å². The molecular formula is C28H31ClFN3O4S. The lowest BCUT2D eigenvalue weighted by Gasteiger charge is -2.34. The van der Waals surface area contributed by atoms with E-state index < -0.39 is 40.2 Å². The number of hydrogen-bond donors (Lipinski definition) is 1. The monoisotopic (exact) mass is 559 g/mol. The lowest BCUT2D eigenvalue weighted by atomic mass is 10.0. The van der Waals surface area contributed by atoms with Crippen LogP contribution in [0.2, 0.25) is 5.02 Å². The first-order valence-electron chi connectivity index (χ1n) is 12.1. The molecule has 0 aliphatic carbocycles. The molecule has 38 heavy (non-hydrogen) atoms. The third kappa shape index (κ3) is 8.03. The topological polar surface area (TPSA) is 86.8 Å². The largest absolute Gasteiger partial charge is 0.352 e. The molecule has 2 amide bonds. The summed E-state index contributed by atoms with van der Waals surface area (Å²) in [6.07, 6.45) is 1.13. The molecule has 7 nitrogen and oxygen atoms in total. The maximum Gasteiger partial charge on any atom is 0.244 e. The highest BCUT2D eigenvalue weighted by Gasteiger charge is 2.33. The summed E-state index contributed by atoms with van der Waals surface area (Å²) in [7, 11) is -3.92. The van der Waals surface area contributed by atoms with Gasteiger partial charge in [-0.2, -0.15) is 0 Å². The minimum atomic E-state index is -3.92. The van der Waals surface area contributed by atoms with Gasteiger partial charge in [0.15, 0.2) is 0 Å². The molecule has 0 spiro atoms. The van der Waals surface area contributed by atoms with Crippen molar-refractivity contribution >= 4 is 39.1 Å². The molecule has 0 saturated heterocycles. The van der Waals surface area contributed by atoms with E-state index in [0.717, 1.165) is 16.1 Å². The number of benzene rings is 3. The Bertz CT molecular complexity index is 1370. The molecule has 1 N–H and O–H groups in total. The van der Waals surface area contributed by atoms with Crippen LogP contribution in [0.1, 0.15) is 25.0 Å². The van der Waals surface area contributed by atoms with Gasteiger partial charge in [-0.1, -0.05) is 66.2 Å². The van der Waals surface area contributed by atoms with Crippen LogP contribution in [0.25, 0.3) is 0 Å². The van der Waals surface area contributed by atoms with Gasteiger partial charge in [-0.25, -0.2) is 12.8 Å². The van der Waals surface area contributed by atoms with Crippen LogP contribution in [-0.2, 0) is 32.6 Å². The molecule has 0 fully saturated rings. The van der Waals surface area contributed by atoms with Crippen LogP contribution >= 0.6 is 11.6 Å². The molecule has 3 aromatic rings. The Balaban J connectivity index is 2.07. The first-order chi connectivity index (χ1) is 18.0. The Hall–Kier alpha value is -3.43. The van der Waals surface area contributed by atoms with Gasteiger partial charge in [0.2, 0.25) is 21.8 Å². The zero-order valence-electron chi connectivity index (χ0n) is 21.5. The molecule has 0 aliphatic heterocycles. The molecule has 1 atom stereocenters. The lowest BCUT2D eigenvalue weighted by Crippen LogP contribution is -2.54. The number of sulfonamides is 1. The third-order valence-electron chi connectivity index (χ3n) is 5.78. The number of amides is 2. The average Bonchev–Trinajstić information content (AvgIpc) is 2.85. The van der Waals surface area contributed by atoms with Gasteiger partial charge >= 0.3 is 0 Å². The Morgan fingerprint density at radius 2 is 1.63 bits per heavy atom. The SMILES string of the molecule is CC(C)NC(=O)C(Cc1ccccc1)N(Cc1ccccc1F)C(=O)CN(c1cccc(Cl)c1)S(C)(=O)=O. The zero-order chi connectivity index (χ0) is 27.9. The summed E-state index contributed by atoms with van der Waals surface area (Å²) in [5.41, 5.74) is 1.19. The molecule has 3 rings (SSSR count). The standard InChI is InChI=1S/C28H31ClFN3O4S/c1-20(2)31-28(35)26(16-21-10-5-4-6-11-21)32(18-22-12-7-8-15-25(22)30)27(34)19-33(38(3,36)37)24-14-9-13-23(29)17-24/h4-15,17,20,26H,16,18-19H2,1-3H3,(H,31,35). The molecule has 10 heteroatoms. The summed E-state index contributed by atoms with van der Waals surface area (Å²) in [5.74, 6) is -1.64. The number of halogens is 2. The number of rotatable bonds is 11. The minimum Gasteiger partial charge on any atom is -0.352 e. The summed E-state index contributed by atoms with van der Waals surface area (Å²) >= 11 is 6.08. The van der Waals surface area contributed by atoms with Crippen LogP contribution in [0.5, 0.6) is 0 Å². The highest BCUT2D eigenvalue weighted by atomic mass is 35.5. The van der Waals surface area contributed by atoms with E-state index in [-0.39, 0.29) is 30.3 Å². The van der Waals surface area contributed by atoms with Gasteiger partial charge in [0.25, 0.3) is 0 Å². The van der Waals surface area contributed by atoms with Crippen LogP contribution < -0.4 is 9.62 Å². The zero-order valence-corrected chi connectivity index (χ0v) is 23.0. The Morgan fingerprint density at radius 1 is 0.974 bits per heavy atom. The van der Waals surface area contributed by atoms with Crippen molar-refractivity contribution in [3.63, 3.8) is 0 Å². The summed E-state index contributed by atoms with van der Waals surface area (Å²) in [5, 5.41) is 3.14. The van der Waals surface area contributed by atoms with E-state index >= 15 is 0 Å². The van der Waals surface area contributed by atoms with Crippen LogP contribution in [0, 0.1) is 5.82 Å². The number of nitrogens with zero attached hydrogens (tertiary/aromatic N) is 2. The van der Waals surface area contributed by atoms with Gasteiger partial charge in [-0.15, -0.1) is 0 Å². The predicted octanol–water partition coefficient (Wildman–Crippen LogP) is 4.41. The Kier molecular flexibility index (Phi) is 9.88. The molecule has 1 unspecified atom stereocenters. The van der Waals surface area contributed by atoms with Gasteiger partial charge in [-0.05, 0) is 43.7 Å². The fourth-order valence-electron chi connectivity index (χ4n) is 3.99. The Morgan fingerprint density at radius 3 is 2.24 bits per heavy atom. The van der Waals surface area contributed by atoms with E-state index in [2.05, 4.69) is 5.32 Å². The first-order valence-corrected chi connectivity index (χ1v) is 14.3. The molecule has 0 bridgehead atoms. The summed E-state index contributed by atoms with van der Waals surface area (Å²) < 4.78 is 41.1. The highest BCUT2D eigenvalue weighted by molar-refractivity contribution is 7.92. The first kappa shape index (κ1) is 29.1. The van der Waals surface area contributed by atoms with Gasteiger partial charge in [0, 0.05) is 29.6 Å². The van der Waals surface area contributed by atoms with Crippen molar-refractivity contribution in [1.29, 1.82) is 0 Å². The van der Waals surface area contributed by atoms with Crippen molar-refractivity contribution in [2.24, 2.45) is 0 Å². The van der Waals surface area contributed by atoms with Crippen molar-refractivity contribution in [1.82, 2.24) is 10.2 Å². The van der Waals surface area contributed by atoms with Gasteiger partial charge in [0.05, 0.1) is 11.9 Å². The molecule has 0 saturated carbocycles. The van der Waals surface area contributed by atoms with Crippen LogP contribution in [-0.4, -0.2) is 50.0 Å². The maximum atomic E-state index is 14.7. The molecule has 3 aromatic carbocycles. The van der Waals surface area contributed by atoms with Crippen LogP contribution in [0.3, 0.4) is 0 Å². The minimum absolute atomic E-state index is 0.148. The summed E-state index contributed by atoms with van der Waals surface area (Å²) in [6, 6.07) is 20.0. The Labute approximate surface area is 228 Å². The number of carbonyl (C=O) groups is 2. The van der Waals surface area contributed by atoms with Crippen molar-refractivity contribution in [2.45, 2.75) is 38.9 Å². The second-order valence-corrected chi connectivity index (χ2v) is 11.6. The molecule has 0 heterocycles. The van der Waals surface area contributed by atoms with Crippen molar-refractivity contribution < 1.29 is 22.4 Å². The van der Waals surface area contributed by atoms with E-state index in [1.54, 1.807) is 32.0 Å². The molecule has 0 aromatic heterocycles. The molecule has 0 aliphatic rings. The molecular weight excluding hydrogens is 529 g/mol. The normalized spacial score (nSPS) is 12.2. The van der Waals surface area contributed by atoms with Gasteiger partial charge in [-0.3, -0.25) is 13.9 Å². The van der Waals surface area contributed by atoms with Gasteiger partial charge < -0.3 is 10.2 Å². The average molecular weight is 560 g/mol. The molecule has 0 radical (unpaired) electrons. The fraction of sp³-hybridized carbons (Fsp3) is 0.286. The van der Waals surface area contributed by atoms with Crippen LogP contribution in [0.4, 0.5) is 10.1 Å². The van der Waals surface area contributed by atoms with Crippen LogP contribution in [0.15, 0.2) is 78.9 Å². The van der Waals surface area contributed by atoms with E-state index in [0.29, 0.717) is 5.02 Å². The highest BCUT2D eigenvalue weighted by Crippen LogP contribution is 2.23. The number of nitrogens with one attached hydrogen (secondary N) is 1. The summed E-state index contributed by atoms with van der Waals surface area (Å²) in [4.78, 5) is 28.6.